The summed E-state index contributed by atoms with van der Waals surface area (Å²) in [6.45, 7) is 4.56. The van der Waals surface area contributed by atoms with Crippen molar-refractivity contribution < 1.29 is 9.84 Å². The molecule has 1 aliphatic rings. The molecule has 0 saturated carbocycles. The molecule has 0 unspecified atom stereocenters. The number of hydrogen-bond acceptors (Lipinski definition) is 4. The first kappa shape index (κ1) is 17.1. The Balaban J connectivity index is 1.66. The number of amidine groups is 1. The molecule has 2 heterocycles. The zero-order chi connectivity index (χ0) is 19.1. The van der Waals surface area contributed by atoms with E-state index in [1.807, 2.05) is 30.3 Å². The van der Waals surface area contributed by atoms with Gasteiger partial charge in [-0.05, 0) is 35.7 Å². The van der Waals surface area contributed by atoms with Gasteiger partial charge in [0.05, 0.1) is 30.3 Å². The average molecular weight is 362 g/mol. The summed E-state index contributed by atoms with van der Waals surface area (Å²) in [7, 11) is 1.61. The molecule has 138 valence electrons. The topological polar surface area (TPSA) is 85.2 Å². The number of hydrogen-bond donors (Lipinski definition) is 3. The minimum Gasteiger partial charge on any atom is -0.509 e. The maximum Gasteiger partial charge on any atom is 0.145 e. The summed E-state index contributed by atoms with van der Waals surface area (Å²) in [5.74, 6) is 2.04. The third-order valence-corrected chi connectivity index (χ3v) is 4.90. The fraction of sp³-hybridized carbons (Fsp3) is 0.238. The number of fused-ring (bicyclic) bond motifs is 1. The lowest BCUT2D eigenvalue weighted by molar-refractivity contribution is 0.411. The van der Waals surface area contributed by atoms with Crippen LogP contribution in [-0.4, -0.2) is 34.6 Å². The monoisotopic (exact) mass is 362 g/mol. The Bertz CT molecular complexity index is 1050. The van der Waals surface area contributed by atoms with Crippen molar-refractivity contribution in [1.82, 2.24) is 9.97 Å². The van der Waals surface area contributed by atoms with E-state index in [9.17, 15) is 5.11 Å². The molecule has 1 aromatic heterocycles. The lowest BCUT2D eigenvalue weighted by Crippen LogP contribution is -2.26. The molecule has 6 nitrogen and oxygen atoms in total. The van der Waals surface area contributed by atoms with Crippen molar-refractivity contribution in [3.05, 3.63) is 59.6 Å². The molecule has 0 saturated heterocycles. The number of aliphatic hydroxyl groups excluding tert-OH is 1. The van der Waals surface area contributed by atoms with E-state index in [0.717, 1.165) is 22.5 Å². The van der Waals surface area contributed by atoms with Gasteiger partial charge in [0.25, 0.3) is 0 Å². The second-order valence-electron chi connectivity index (χ2n) is 6.97. The van der Waals surface area contributed by atoms with Crippen LogP contribution >= 0.6 is 0 Å². The molecule has 27 heavy (non-hydrogen) atoms. The van der Waals surface area contributed by atoms with Crippen molar-refractivity contribution in [2.45, 2.75) is 19.8 Å². The van der Waals surface area contributed by atoms with Gasteiger partial charge in [0, 0.05) is 11.8 Å². The molecule has 0 atom stereocenters. The Kier molecular flexibility index (Phi) is 4.11. The summed E-state index contributed by atoms with van der Waals surface area (Å²) in [4.78, 5) is 9.51. The van der Waals surface area contributed by atoms with Gasteiger partial charge in [-0.15, -0.1) is 0 Å². The zero-order valence-corrected chi connectivity index (χ0v) is 15.6. The van der Waals surface area contributed by atoms with Crippen molar-refractivity contribution in [3.8, 4) is 5.75 Å². The fourth-order valence-corrected chi connectivity index (χ4v) is 3.32. The average Bonchev–Trinajstić information content (AvgIpc) is 3.20. The number of anilines is 1. The normalized spacial score (nSPS) is 14.7. The number of aromatic amines is 1. The number of nitrogens with one attached hydrogen (secondary N) is 2. The third kappa shape index (κ3) is 2.93. The summed E-state index contributed by atoms with van der Waals surface area (Å²) in [6.07, 6.45) is 0. The van der Waals surface area contributed by atoms with E-state index in [4.69, 9.17) is 10.1 Å². The molecule has 0 fully saturated rings. The van der Waals surface area contributed by atoms with Gasteiger partial charge in [0.2, 0.25) is 0 Å². The van der Waals surface area contributed by atoms with Crippen LogP contribution in [-0.2, 0) is 0 Å². The third-order valence-electron chi connectivity index (χ3n) is 4.90. The Hall–Kier alpha value is -3.28. The highest BCUT2D eigenvalue weighted by atomic mass is 16.5. The van der Waals surface area contributed by atoms with Crippen LogP contribution in [0.1, 0.15) is 31.2 Å². The SMILES string of the molecule is COc1ccc2nc(C3=C(O)CN(c4ccc(C(C)C)cc4)C3=N)[nH]c2c1. The highest BCUT2D eigenvalue weighted by Gasteiger charge is 2.31. The van der Waals surface area contributed by atoms with Crippen molar-refractivity contribution in [3.63, 3.8) is 0 Å². The lowest BCUT2D eigenvalue weighted by atomic mass is 10.0. The predicted octanol–water partition coefficient (Wildman–Crippen LogP) is 4.46. The maximum atomic E-state index is 10.5. The van der Waals surface area contributed by atoms with Gasteiger partial charge in [-0.25, -0.2) is 4.98 Å². The molecule has 0 bridgehead atoms. The van der Waals surface area contributed by atoms with E-state index in [1.165, 1.54) is 5.56 Å². The highest BCUT2D eigenvalue weighted by Crippen LogP contribution is 2.32. The maximum absolute atomic E-state index is 10.5. The summed E-state index contributed by atoms with van der Waals surface area (Å²) < 4.78 is 5.24. The van der Waals surface area contributed by atoms with E-state index in [-0.39, 0.29) is 18.1 Å². The van der Waals surface area contributed by atoms with Crippen LogP contribution in [0.15, 0.2) is 48.2 Å². The van der Waals surface area contributed by atoms with E-state index in [0.29, 0.717) is 17.3 Å². The summed E-state index contributed by atoms with van der Waals surface area (Å²) in [5.41, 5.74) is 4.12. The van der Waals surface area contributed by atoms with E-state index < -0.39 is 0 Å². The summed E-state index contributed by atoms with van der Waals surface area (Å²) in [6, 6.07) is 13.7. The van der Waals surface area contributed by atoms with E-state index in [2.05, 4.69) is 35.9 Å². The number of methoxy groups -OCH3 is 1. The van der Waals surface area contributed by atoms with Gasteiger partial charge in [-0.2, -0.15) is 0 Å². The van der Waals surface area contributed by atoms with Crippen LogP contribution in [0.2, 0.25) is 0 Å². The number of aliphatic hydroxyl groups is 1. The number of nitrogens with zero attached hydrogens (tertiary/aromatic N) is 2. The Morgan fingerprint density at radius 1 is 1.19 bits per heavy atom. The first-order chi connectivity index (χ1) is 13.0. The largest absolute Gasteiger partial charge is 0.509 e. The van der Waals surface area contributed by atoms with Gasteiger partial charge in [0.1, 0.15) is 23.2 Å². The van der Waals surface area contributed by atoms with Crippen molar-refractivity contribution >= 4 is 28.1 Å². The number of imidazole rings is 1. The molecule has 3 N–H and O–H groups in total. The lowest BCUT2D eigenvalue weighted by Gasteiger charge is -2.19. The van der Waals surface area contributed by atoms with Crippen LogP contribution in [0, 0.1) is 5.41 Å². The number of ether oxygens (including phenoxy) is 1. The quantitative estimate of drug-likeness (QED) is 0.639. The molecule has 1 aliphatic heterocycles. The fourth-order valence-electron chi connectivity index (χ4n) is 3.32. The van der Waals surface area contributed by atoms with Crippen molar-refractivity contribution in [2.24, 2.45) is 0 Å². The molecule has 0 aliphatic carbocycles. The Morgan fingerprint density at radius 3 is 2.59 bits per heavy atom. The molecule has 0 amide bonds. The first-order valence-corrected chi connectivity index (χ1v) is 8.90. The molecule has 3 aromatic rings. The molecular formula is C21H22N4O2. The standard InChI is InChI=1S/C21H22N4O2/c1-12(2)13-4-6-14(7-5-13)25-11-18(26)19(20(25)22)21-23-16-9-8-15(27-3)10-17(16)24-21/h4-10,12,22,26H,11H2,1-3H3,(H,23,24). The minimum atomic E-state index is 0.138. The van der Waals surface area contributed by atoms with E-state index in [1.54, 1.807) is 12.0 Å². The predicted molar refractivity (Wildman–Crippen MR) is 108 cm³/mol. The second-order valence-corrected chi connectivity index (χ2v) is 6.97. The Morgan fingerprint density at radius 2 is 1.93 bits per heavy atom. The second kappa shape index (κ2) is 6.46. The zero-order valence-electron chi connectivity index (χ0n) is 15.6. The molecule has 6 heteroatoms. The highest BCUT2D eigenvalue weighted by molar-refractivity contribution is 6.30. The number of H-pyrrole nitrogens is 1. The van der Waals surface area contributed by atoms with Crippen LogP contribution in [0.4, 0.5) is 5.69 Å². The number of rotatable bonds is 4. The molecular weight excluding hydrogens is 340 g/mol. The van der Waals surface area contributed by atoms with Crippen molar-refractivity contribution in [2.75, 3.05) is 18.6 Å². The van der Waals surface area contributed by atoms with Gasteiger partial charge < -0.3 is 19.7 Å². The van der Waals surface area contributed by atoms with Gasteiger partial charge in [0.15, 0.2) is 0 Å². The minimum absolute atomic E-state index is 0.138. The van der Waals surface area contributed by atoms with Crippen LogP contribution in [0.5, 0.6) is 5.75 Å². The molecule has 4 rings (SSSR count). The Labute approximate surface area is 157 Å². The smallest absolute Gasteiger partial charge is 0.145 e. The van der Waals surface area contributed by atoms with Crippen LogP contribution in [0.25, 0.3) is 16.6 Å². The van der Waals surface area contributed by atoms with Crippen LogP contribution in [0.3, 0.4) is 0 Å². The molecule has 0 radical (unpaired) electrons. The van der Waals surface area contributed by atoms with Crippen LogP contribution < -0.4 is 9.64 Å². The molecule has 0 spiro atoms. The first-order valence-electron chi connectivity index (χ1n) is 8.90. The van der Waals surface area contributed by atoms with E-state index >= 15 is 0 Å². The summed E-state index contributed by atoms with van der Waals surface area (Å²) >= 11 is 0. The number of benzene rings is 2. The van der Waals surface area contributed by atoms with Gasteiger partial charge >= 0.3 is 0 Å². The van der Waals surface area contributed by atoms with Gasteiger partial charge in [-0.1, -0.05) is 26.0 Å². The van der Waals surface area contributed by atoms with Gasteiger partial charge in [-0.3, -0.25) is 5.41 Å². The summed E-state index contributed by atoms with van der Waals surface area (Å²) in [5, 5.41) is 19.1. The molecule has 2 aromatic carbocycles. The number of aromatic nitrogens is 2. The van der Waals surface area contributed by atoms with Crippen molar-refractivity contribution in [1.29, 1.82) is 5.41 Å².